The lowest BCUT2D eigenvalue weighted by molar-refractivity contribution is -0.0242. The van der Waals surface area contributed by atoms with Crippen molar-refractivity contribution in [1.29, 1.82) is 0 Å². The van der Waals surface area contributed by atoms with Crippen molar-refractivity contribution in [2.75, 3.05) is 45.9 Å². The highest BCUT2D eigenvalue weighted by molar-refractivity contribution is 5.08. The van der Waals surface area contributed by atoms with Crippen molar-refractivity contribution in [2.45, 2.75) is 38.1 Å². The minimum atomic E-state index is 0.206. The number of nitrogens with zero attached hydrogens (tertiary/aromatic N) is 4. The van der Waals surface area contributed by atoms with Gasteiger partial charge in [-0.2, -0.15) is 0 Å². The molecule has 2 aliphatic rings. The van der Waals surface area contributed by atoms with E-state index in [0.29, 0.717) is 5.92 Å². The van der Waals surface area contributed by atoms with Crippen molar-refractivity contribution in [3.05, 3.63) is 24.3 Å². The second-order valence-electron chi connectivity index (χ2n) is 7.12. The van der Waals surface area contributed by atoms with Gasteiger partial charge in [0.1, 0.15) is 6.33 Å². The Morgan fingerprint density at radius 1 is 1.27 bits per heavy atom. The lowest BCUT2D eigenvalue weighted by Gasteiger charge is -2.45. The molecule has 3 heterocycles. The van der Waals surface area contributed by atoms with Gasteiger partial charge in [-0.25, -0.2) is 9.97 Å². The van der Waals surface area contributed by atoms with Gasteiger partial charge >= 0.3 is 0 Å². The molecular weight excluding hydrogens is 276 g/mol. The Bertz CT molecular complexity index is 459. The second-order valence-corrected chi connectivity index (χ2v) is 7.12. The van der Waals surface area contributed by atoms with Crippen LogP contribution in [0.25, 0.3) is 0 Å². The quantitative estimate of drug-likeness (QED) is 0.848. The van der Waals surface area contributed by atoms with E-state index in [9.17, 15) is 0 Å². The Hall–Kier alpha value is -1.04. The summed E-state index contributed by atoms with van der Waals surface area (Å²) in [5.41, 5.74) is 1.40. The first kappa shape index (κ1) is 15.8. The third-order valence-electron chi connectivity index (χ3n) is 5.01. The second kappa shape index (κ2) is 7.02. The molecule has 1 atom stereocenters. The number of rotatable bonds is 4. The van der Waals surface area contributed by atoms with Crippen molar-refractivity contribution >= 4 is 0 Å². The fraction of sp³-hybridized carbons (Fsp3) is 0.765. The fourth-order valence-electron chi connectivity index (χ4n) is 3.80. The summed E-state index contributed by atoms with van der Waals surface area (Å²) in [4.78, 5) is 13.7. The Morgan fingerprint density at radius 2 is 2.09 bits per heavy atom. The topological polar surface area (TPSA) is 41.5 Å². The summed E-state index contributed by atoms with van der Waals surface area (Å²) in [5, 5.41) is 0. The fourth-order valence-corrected chi connectivity index (χ4v) is 3.80. The number of piperidine rings is 1. The summed E-state index contributed by atoms with van der Waals surface area (Å²) < 4.78 is 5.49. The van der Waals surface area contributed by atoms with E-state index in [2.05, 4.69) is 39.7 Å². The van der Waals surface area contributed by atoms with Gasteiger partial charge in [0.15, 0.2) is 0 Å². The molecule has 1 aromatic heterocycles. The molecule has 0 saturated carbocycles. The highest BCUT2D eigenvalue weighted by atomic mass is 16.5. The summed E-state index contributed by atoms with van der Waals surface area (Å²) in [7, 11) is 0. The predicted octanol–water partition coefficient (Wildman–Crippen LogP) is 1.77. The zero-order chi connectivity index (χ0) is 15.4. The summed E-state index contributed by atoms with van der Waals surface area (Å²) in [6, 6.07) is 2.07. The summed E-state index contributed by atoms with van der Waals surface area (Å²) in [6.45, 7) is 12.0. The van der Waals surface area contributed by atoms with Crippen LogP contribution in [0.15, 0.2) is 18.6 Å². The molecule has 0 spiro atoms. The first-order chi connectivity index (χ1) is 10.6. The van der Waals surface area contributed by atoms with Gasteiger partial charge in [-0.15, -0.1) is 0 Å². The van der Waals surface area contributed by atoms with Crippen LogP contribution >= 0.6 is 0 Å². The van der Waals surface area contributed by atoms with Gasteiger partial charge in [0.25, 0.3) is 0 Å². The Kier molecular flexibility index (Phi) is 5.06. The van der Waals surface area contributed by atoms with Crippen LogP contribution in [0.2, 0.25) is 0 Å². The van der Waals surface area contributed by atoms with E-state index in [4.69, 9.17) is 4.74 Å². The van der Waals surface area contributed by atoms with Crippen LogP contribution in [0.5, 0.6) is 0 Å². The predicted molar refractivity (Wildman–Crippen MR) is 86.9 cm³/mol. The average Bonchev–Trinajstić information content (AvgIpc) is 2.56. The number of hydrogen-bond donors (Lipinski definition) is 0. The van der Waals surface area contributed by atoms with E-state index in [1.54, 1.807) is 6.33 Å². The smallest absolute Gasteiger partial charge is 0.115 e. The SMILES string of the molecule is CC(C)(CN1CCC[C@@H](c2ccncn2)C1)N1CCOCC1. The molecule has 0 aromatic carbocycles. The van der Waals surface area contributed by atoms with Crippen LogP contribution in [-0.4, -0.2) is 71.2 Å². The largest absolute Gasteiger partial charge is 0.379 e. The van der Waals surface area contributed by atoms with Crippen molar-refractivity contribution < 1.29 is 4.74 Å². The molecule has 0 unspecified atom stereocenters. The monoisotopic (exact) mass is 304 g/mol. The van der Waals surface area contributed by atoms with Crippen LogP contribution in [0.1, 0.15) is 38.3 Å². The van der Waals surface area contributed by atoms with Crippen LogP contribution in [-0.2, 0) is 4.74 Å². The number of likely N-dealkylation sites (tertiary alicyclic amines) is 1. The summed E-state index contributed by atoms with van der Waals surface area (Å²) >= 11 is 0. The van der Waals surface area contributed by atoms with E-state index in [1.165, 1.54) is 25.1 Å². The third kappa shape index (κ3) is 3.83. The van der Waals surface area contributed by atoms with Crippen LogP contribution in [0.4, 0.5) is 0 Å². The van der Waals surface area contributed by atoms with E-state index in [-0.39, 0.29) is 5.54 Å². The maximum atomic E-state index is 5.49. The van der Waals surface area contributed by atoms with Crippen molar-refractivity contribution in [3.63, 3.8) is 0 Å². The molecule has 0 N–H and O–H groups in total. The van der Waals surface area contributed by atoms with Crippen molar-refractivity contribution in [3.8, 4) is 0 Å². The normalized spacial score (nSPS) is 25.3. The molecule has 2 saturated heterocycles. The molecule has 5 heteroatoms. The zero-order valence-corrected chi connectivity index (χ0v) is 13.9. The van der Waals surface area contributed by atoms with Crippen LogP contribution in [0, 0.1) is 0 Å². The van der Waals surface area contributed by atoms with Gasteiger partial charge in [-0.3, -0.25) is 4.90 Å². The van der Waals surface area contributed by atoms with Crippen LogP contribution < -0.4 is 0 Å². The molecule has 0 radical (unpaired) electrons. The minimum absolute atomic E-state index is 0.206. The van der Waals surface area contributed by atoms with Gasteiger partial charge in [0.2, 0.25) is 0 Å². The Labute approximate surface area is 133 Å². The molecular formula is C17H28N4O. The Morgan fingerprint density at radius 3 is 2.82 bits per heavy atom. The van der Waals surface area contributed by atoms with Crippen molar-refractivity contribution in [1.82, 2.24) is 19.8 Å². The molecule has 2 fully saturated rings. The van der Waals surface area contributed by atoms with Gasteiger partial charge in [0.05, 0.1) is 13.2 Å². The lowest BCUT2D eigenvalue weighted by Crippen LogP contribution is -2.56. The molecule has 0 bridgehead atoms. The number of ether oxygens (including phenoxy) is 1. The summed E-state index contributed by atoms with van der Waals surface area (Å²) in [5.74, 6) is 0.553. The first-order valence-corrected chi connectivity index (χ1v) is 8.46. The molecule has 22 heavy (non-hydrogen) atoms. The highest BCUT2D eigenvalue weighted by Crippen LogP contribution is 2.27. The molecule has 1 aromatic rings. The number of aromatic nitrogens is 2. The van der Waals surface area contributed by atoms with Gasteiger partial charge in [-0.05, 0) is 39.3 Å². The van der Waals surface area contributed by atoms with E-state index in [0.717, 1.165) is 39.4 Å². The molecule has 2 aliphatic heterocycles. The van der Waals surface area contributed by atoms with E-state index < -0.39 is 0 Å². The lowest BCUT2D eigenvalue weighted by atomic mass is 9.92. The maximum absolute atomic E-state index is 5.49. The average molecular weight is 304 g/mol. The molecule has 3 rings (SSSR count). The van der Waals surface area contributed by atoms with Gasteiger partial charge < -0.3 is 9.64 Å². The number of morpholine rings is 1. The van der Waals surface area contributed by atoms with Crippen molar-refractivity contribution in [2.24, 2.45) is 0 Å². The minimum Gasteiger partial charge on any atom is -0.379 e. The molecule has 5 nitrogen and oxygen atoms in total. The molecule has 0 amide bonds. The zero-order valence-electron chi connectivity index (χ0n) is 13.9. The molecule has 0 aliphatic carbocycles. The summed E-state index contributed by atoms with van der Waals surface area (Å²) in [6.07, 6.45) is 6.03. The molecule has 122 valence electrons. The van der Waals surface area contributed by atoms with Crippen LogP contribution in [0.3, 0.4) is 0 Å². The van der Waals surface area contributed by atoms with Gasteiger partial charge in [0, 0.05) is 49.5 Å². The van der Waals surface area contributed by atoms with E-state index in [1.807, 2.05) is 6.20 Å². The highest BCUT2D eigenvalue weighted by Gasteiger charge is 2.32. The van der Waals surface area contributed by atoms with Gasteiger partial charge in [-0.1, -0.05) is 0 Å². The first-order valence-electron chi connectivity index (χ1n) is 8.46. The third-order valence-corrected chi connectivity index (χ3v) is 5.01. The maximum Gasteiger partial charge on any atom is 0.115 e. The Balaban J connectivity index is 1.60. The standard InChI is InChI=1S/C17H28N4O/c1-17(2,21-8-10-22-11-9-21)13-20-7-3-4-15(12-20)16-5-6-18-14-19-16/h5-6,14-15H,3-4,7-13H2,1-2H3/t15-/m1/s1. The van der Waals surface area contributed by atoms with E-state index >= 15 is 0 Å². The number of hydrogen-bond acceptors (Lipinski definition) is 5.